The summed E-state index contributed by atoms with van der Waals surface area (Å²) in [7, 11) is 0. The molecule has 308 valence electrons. The van der Waals surface area contributed by atoms with Gasteiger partial charge < -0.3 is 20.4 Å². The minimum absolute atomic E-state index is 0.0459. The van der Waals surface area contributed by atoms with Crippen molar-refractivity contribution in [3.05, 3.63) is 125 Å². The Balaban J connectivity index is 1.76. The number of carbonyl (C=O) groups is 2. The zero-order valence-corrected chi connectivity index (χ0v) is 37.1. The van der Waals surface area contributed by atoms with E-state index in [1.807, 2.05) is 91.8 Å². The standard InChI is InChI=1S/C48H42Cl4N2O6/c1-19(2)23-11-9-12-24(20(3)4)43(23)53-45(55)27-15-31(49)37-39-33(51)17-29(47(57)58)36-30(48(59)60)18-34(52)40(42(36)39)38-32(50)16-28(35(27)41(37)38)46(56)54-44-25(21(5)6)13-10-14-26(44)22(7)8/h9-22H,1-8H3,(H,53,55)(H,54,56)(H,57,58)(H,59,60). The highest BCUT2D eigenvalue weighted by Gasteiger charge is 2.31. The van der Waals surface area contributed by atoms with Crippen molar-refractivity contribution < 1.29 is 30.0 Å². The van der Waals surface area contributed by atoms with Crippen LogP contribution in [0.4, 0.5) is 11.4 Å². The number of aliphatic hydroxyl groups is 2. The molecule has 60 heavy (non-hydrogen) atoms. The van der Waals surface area contributed by atoms with Crippen molar-refractivity contribution in [2.45, 2.75) is 79.1 Å². The third-order valence-corrected chi connectivity index (χ3v) is 12.4. The lowest BCUT2D eigenvalue weighted by Gasteiger charge is -2.23. The second-order valence-corrected chi connectivity index (χ2v) is 17.9. The lowest BCUT2D eigenvalue weighted by Crippen LogP contribution is -2.10. The quantitative estimate of drug-likeness (QED) is 0.0467. The first-order chi connectivity index (χ1) is 28.3. The van der Waals surface area contributed by atoms with Gasteiger partial charge in [0.25, 0.3) is 0 Å². The van der Waals surface area contributed by atoms with Gasteiger partial charge in [-0.2, -0.15) is 0 Å². The molecule has 0 fully saturated rings. The summed E-state index contributed by atoms with van der Waals surface area (Å²) in [5, 5.41) is 46.9. The molecule has 0 saturated carbocycles. The van der Waals surface area contributed by atoms with E-state index in [0.717, 1.165) is 22.3 Å². The van der Waals surface area contributed by atoms with Crippen LogP contribution in [0.3, 0.4) is 0 Å². The molecule has 0 radical (unpaired) electrons. The van der Waals surface area contributed by atoms with Gasteiger partial charge in [-0.3, -0.25) is 0 Å². The van der Waals surface area contributed by atoms with Gasteiger partial charge in [0.05, 0.1) is 22.5 Å². The Labute approximate surface area is 367 Å². The molecular formula is C48H42Cl4N2O6. The molecule has 0 spiro atoms. The molecule has 0 unspecified atom stereocenters. The van der Waals surface area contributed by atoms with Crippen molar-refractivity contribution in [1.82, 2.24) is 0 Å². The summed E-state index contributed by atoms with van der Waals surface area (Å²) in [5.74, 6) is -3.47. The van der Waals surface area contributed by atoms with E-state index in [4.69, 9.17) is 56.4 Å². The maximum atomic E-state index is 12.7. The first-order valence-corrected chi connectivity index (χ1v) is 21.0. The van der Waals surface area contributed by atoms with Gasteiger partial charge in [-0.1, -0.05) is 138 Å². The molecule has 0 aliphatic rings. The number of halogens is 4. The second-order valence-electron chi connectivity index (χ2n) is 16.3. The van der Waals surface area contributed by atoms with E-state index < -0.39 is 23.7 Å². The fourth-order valence-electron chi connectivity index (χ4n) is 8.42. The molecule has 0 heterocycles. The molecule has 4 N–H and O–H groups in total. The highest BCUT2D eigenvalue weighted by Crippen LogP contribution is 2.53. The Morgan fingerprint density at radius 1 is 0.417 bits per heavy atom. The van der Waals surface area contributed by atoms with Crippen molar-refractivity contribution >= 4 is 125 Å². The first kappa shape index (κ1) is 43.0. The topological polar surface area (TPSA) is 140 Å². The van der Waals surface area contributed by atoms with E-state index in [1.54, 1.807) is 0 Å². The zero-order valence-electron chi connectivity index (χ0n) is 34.1. The van der Waals surface area contributed by atoms with Gasteiger partial charge in [0.1, 0.15) is 0 Å². The summed E-state index contributed by atoms with van der Waals surface area (Å²) >= 11 is 28.6. The van der Waals surface area contributed by atoms with Crippen LogP contribution in [-0.4, -0.2) is 44.2 Å². The van der Waals surface area contributed by atoms with Crippen LogP contribution in [0.5, 0.6) is 0 Å². The number of carboxylic acid groups (broad SMARTS) is 2. The summed E-state index contributed by atoms with van der Waals surface area (Å²) in [5.41, 5.74) is 4.32. The van der Waals surface area contributed by atoms with Gasteiger partial charge in [-0.15, -0.1) is 0 Å². The lowest BCUT2D eigenvalue weighted by molar-refractivity contribution is 0.0695. The number of aliphatic imine (C=N–C) groups is 2. The van der Waals surface area contributed by atoms with Crippen molar-refractivity contribution in [2.24, 2.45) is 9.98 Å². The molecule has 0 aromatic heterocycles. The third-order valence-electron chi connectivity index (χ3n) is 11.2. The molecule has 0 atom stereocenters. The van der Waals surface area contributed by atoms with Gasteiger partial charge in [0.15, 0.2) is 0 Å². The smallest absolute Gasteiger partial charge is 0.336 e. The maximum absolute atomic E-state index is 12.7. The fraction of sp³-hybridized carbons (Fsp3) is 0.250. The number of aliphatic hydroxyl groups excluding tert-OH is 2. The minimum atomic E-state index is -1.41. The van der Waals surface area contributed by atoms with Crippen LogP contribution in [0.2, 0.25) is 20.1 Å². The van der Waals surface area contributed by atoms with E-state index in [0.29, 0.717) is 16.8 Å². The molecule has 7 aromatic rings. The van der Waals surface area contributed by atoms with Crippen molar-refractivity contribution in [3.8, 4) is 0 Å². The highest BCUT2D eigenvalue weighted by atomic mass is 35.5. The van der Waals surface area contributed by atoms with Gasteiger partial charge in [-0.05, 0) is 70.2 Å². The van der Waals surface area contributed by atoms with Gasteiger partial charge in [0, 0.05) is 74.3 Å². The number of nitrogens with zero attached hydrogens (tertiary/aromatic N) is 2. The van der Waals surface area contributed by atoms with Crippen molar-refractivity contribution in [3.63, 3.8) is 0 Å². The van der Waals surface area contributed by atoms with E-state index in [1.165, 1.54) is 24.3 Å². The molecule has 0 amide bonds. The third kappa shape index (κ3) is 6.97. The summed E-state index contributed by atoms with van der Waals surface area (Å²) in [6.45, 7) is 16.3. The molecule has 7 rings (SSSR count). The van der Waals surface area contributed by atoms with Gasteiger partial charge in [-0.25, -0.2) is 19.6 Å². The van der Waals surface area contributed by atoms with Crippen molar-refractivity contribution in [2.75, 3.05) is 0 Å². The van der Waals surface area contributed by atoms with Crippen LogP contribution in [0.15, 0.2) is 70.6 Å². The van der Waals surface area contributed by atoms with E-state index in [9.17, 15) is 30.0 Å². The zero-order chi connectivity index (χ0) is 43.8. The predicted molar refractivity (Wildman–Crippen MR) is 249 cm³/mol. The Morgan fingerprint density at radius 2 is 0.667 bits per heavy atom. The molecule has 8 nitrogen and oxygen atoms in total. The predicted octanol–water partition coefficient (Wildman–Crippen LogP) is 15.5. The van der Waals surface area contributed by atoms with Gasteiger partial charge >= 0.3 is 11.9 Å². The number of carboxylic acids is 2. The average molecular weight is 885 g/mol. The van der Waals surface area contributed by atoms with Crippen LogP contribution in [-0.2, 0) is 0 Å². The molecule has 12 heteroatoms. The summed E-state index contributed by atoms with van der Waals surface area (Å²) in [6.07, 6.45) is 0. The van der Waals surface area contributed by atoms with E-state index in [-0.39, 0.29) is 104 Å². The Hall–Kier alpha value is -5.12. The SMILES string of the molecule is CC(C)c1cccc(C(C)C)c1N=C(O)c1cc(Cl)c2c3c(Cl)cc(C(=O)O)c4c(C(=O)O)cc(Cl)c(c5c(Cl)cc(C(O)=Nc6c(C(C)C)cccc6C(C)C)c1c25)c43. The summed E-state index contributed by atoms with van der Waals surface area (Å²) in [4.78, 5) is 35.2. The molecule has 0 aliphatic heterocycles. The Morgan fingerprint density at radius 3 is 0.917 bits per heavy atom. The van der Waals surface area contributed by atoms with Crippen LogP contribution < -0.4 is 0 Å². The molecule has 0 saturated heterocycles. The number of hydrogen-bond acceptors (Lipinski definition) is 4. The summed E-state index contributed by atoms with van der Waals surface area (Å²) < 4.78 is 0. The monoisotopic (exact) mass is 882 g/mol. The molecule has 0 bridgehead atoms. The molecular weight excluding hydrogens is 842 g/mol. The number of benzene rings is 7. The Kier molecular flexibility index (Phi) is 11.5. The first-order valence-electron chi connectivity index (χ1n) is 19.5. The number of aromatic carboxylic acids is 2. The van der Waals surface area contributed by atoms with Crippen molar-refractivity contribution in [1.29, 1.82) is 0 Å². The minimum Gasteiger partial charge on any atom is -0.493 e. The highest BCUT2D eigenvalue weighted by molar-refractivity contribution is 6.55. The second kappa shape index (κ2) is 16.1. The van der Waals surface area contributed by atoms with Crippen LogP contribution >= 0.6 is 46.4 Å². The van der Waals surface area contributed by atoms with Crippen LogP contribution in [0.25, 0.3) is 43.1 Å². The lowest BCUT2D eigenvalue weighted by atomic mass is 9.84. The number of rotatable bonds is 10. The maximum Gasteiger partial charge on any atom is 0.336 e. The Bertz CT molecular complexity index is 2780. The number of fused-ring (bicyclic) bond motifs is 2. The largest absolute Gasteiger partial charge is 0.493 e. The van der Waals surface area contributed by atoms with E-state index in [2.05, 4.69) is 0 Å². The van der Waals surface area contributed by atoms with Crippen LogP contribution in [0, 0.1) is 0 Å². The van der Waals surface area contributed by atoms with E-state index >= 15 is 0 Å². The molecule has 7 aromatic carbocycles. The van der Waals surface area contributed by atoms with Gasteiger partial charge in [0.2, 0.25) is 11.8 Å². The summed E-state index contributed by atoms with van der Waals surface area (Å²) in [6, 6.07) is 17.2. The normalized spacial score (nSPS) is 12.9. The average Bonchev–Trinajstić information content (AvgIpc) is 3.17. The van der Waals surface area contributed by atoms with Crippen LogP contribution in [0.1, 0.15) is 133 Å². The number of hydrogen-bond donors (Lipinski definition) is 4. The number of para-hydroxylation sites is 2. The molecule has 0 aliphatic carbocycles. The fourth-order valence-corrected chi connectivity index (χ4v) is 9.61.